The van der Waals surface area contributed by atoms with E-state index in [-0.39, 0.29) is 5.41 Å². The number of hydrogen-bond donors (Lipinski definition) is 0. The molecule has 1 unspecified atom stereocenters. The first-order valence-electron chi connectivity index (χ1n) is 11.9. The second-order valence-electron chi connectivity index (χ2n) is 9.93. The van der Waals surface area contributed by atoms with E-state index in [0.717, 1.165) is 32.1 Å². The first kappa shape index (κ1) is 28.4. The standard InChI is InChI=1S/C30H50/c1-10-30(9,23-14-21-28(7)18-12-16-26(4)5)24-22-29(8)20-13-19-27(6)17-11-15-25(2)3/h10,15-16,19,21-22H,1,11-14,17-18,20,23-24H2,2-9H3/b27-19+,28-21+,29-22+. The second kappa shape index (κ2) is 16.2. The van der Waals surface area contributed by atoms with Crippen molar-refractivity contribution in [2.24, 2.45) is 5.41 Å². The van der Waals surface area contributed by atoms with Crippen molar-refractivity contribution in [2.45, 2.75) is 113 Å². The molecule has 0 heterocycles. The molecule has 0 aromatic rings. The molecule has 0 fully saturated rings. The van der Waals surface area contributed by atoms with Crippen LogP contribution >= 0.6 is 0 Å². The molecule has 0 saturated heterocycles. The largest absolute Gasteiger partial charge is 0.103 e. The summed E-state index contributed by atoms with van der Waals surface area (Å²) in [6.07, 6.45) is 24.5. The average Bonchev–Trinajstić information content (AvgIpc) is 2.66. The zero-order chi connectivity index (χ0) is 23.0. The van der Waals surface area contributed by atoms with Crippen LogP contribution in [0.5, 0.6) is 0 Å². The molecule has 0 rings (SSSR count). The van der Waals surface area contributed by atoms with Gasteiger partial charge in [-0.05, 0) is 112 Å². The highest BCUT2D eigenvalue weighted by atomic mass is 14.2. The number of hydrogen-bond acceptors (Lipinski definition) is 0. The highest BCUT2D eigenvalue weighted by Crippen LogP contribution is 2.31. The van der Waals surface area contributed by atoms with Crippen LogP contribution in [0.25, 0.3) is 0 Å². The van der Waals surface area contributed by atoms with Gasteiger partial charge in [0.2, 0.25) is 0 Å². The normalized spacial score (nSPS) is 14.9. The van der Waals surface area contributed by atoms with Crippen molar-refractivity contribution in [3.63, 3.8) is 0 Å². The minimum Gasteiger partial charge on any atom is -0.103 e. The third kappa shape index (κ3) is 16.3. The first-order valence-corrected chi connectivity index (χ1v) is 11.9. The summed E-state index contributed by atoms with van der Waals surface area (Å²) < 4.78 is 0. The van der Waals surface area contributed by atoms with Crippen molar-refractivity contribution < 1.29 is 0 Å². The molecule has 0 amide bonds. The first-order chi connectivity index (χ1) is 14.1. The van der Waals surface area contributed by atoms with Gasteiger partial charge >= 0.3 is 0 Å². The number of rotatable bonds is 15. The van der Waals surface area contributed by atoms with Gasteiger partial charge in [-0.2, -0.15) is 0 Å². The third-order valence-corrected chi connectivity index (χ3v) is 5.83. The Hall–Kier alpha value is -1.56. The Balaban J connectivity index is 4.44. The molecule has 0 aliphatic heterocycles. The van der Waals surface area contributed by atoms with Crippen LogP contribution < -0.4 is 0 Å². The van der Waals surface area contributed by atoms with E-state index in [1.165, 1.54) is 53.5 Å². The summed E-state index contributed by atoms with van der Waals surface area (Å²) in [6, 6.07) is 0. The fourth-order valence-electron chi connectivity index (χ4n) is 3.37. The summed E-state index contributed by atoms with van der Waals surface area (Å²) in [5, 5.41) is 0. The monoisotopic (exact) mass is 410 g/mol. The summed E-state index contributed by atoms with van der Waals surface area (Å²) in [5.41, 5.74) is 7.55. The summed E-state index contributed by atoms with van der Waals surface area (Å²) in [7, 11) is 0. The number of allylic oxidation sites excluding steroid dienone is 11. The van der Waals surface area contributed by atoms with Gasteiger partial charge in [0.15, 0.2) is 0 Å². The lowest BCUT2D eigenvalue weighted by atomic mass is 9.81. The van der Waals surface area contributed by atoms with Gasteiger partial charge < -0.3 is 0 Å². The summed E-state index contributed by atoms with van der Waals surface area (Å²) in [6.45, 7) is 22.0. The fraction of sp³-hybridized carbons (Fsp3) is 0.600. The van der Waals surface area contributed by atoms with E-state index in [0.29, 0.717) is 0 Å². The Morgan fingerprint density at radius 2 is 1.00 bits per heavy atom. The van der Waals surface area contributed by atoms with Crippen LogP contribution in [-0.2, 0) is 0 Å². The quantitative estimate of drug-likeness (QED) is 0.235. The van der Waals surface area contributed by atoms with Gasteiger partial charge in [-0.15, -0.1) is 6.58 Å². The molecule has 0 spiro atoms. The fourth-order valence-corrected chi connectivity index (χ4v) is 3.37. The molecule has 0 heteroatoms. The molecule has 0 N–H and O–H groups in total. The van der Waals surface area contributed by atoms with Crippen LogP contribution in [0.4, 0.5) is 0 Å². The van der Waals surface area contributed by atoms with E-state index in [1.54, 1.807) is 0 Å². The van der Waals surface area contributed by atoms with E-state index in [4.69, 9.17) is 0 Å². The lowest BCUT2D eigenvalue weighted by Crippen LogP contribution is -2.11. The van der Waals surface area contributed by atoms with Gasteiger partial charge in [0.1, 0.15) is 0 Å². The predicted octanol–water partition coefficient (Wildman–Crippen LogP) is 10.5. The van der Waals surface area contributed by atoms with Crippen molar-refractivity contribution in [1.29, 1.82) is 0 Å². The Labute approximate surface area is 189 Å². The molecule has 0 aliphatic carbocycles. The highest BCUT2D eigenvalue weighted by Gasteiger charge is 2.17. The van der Waals surface area contributed by atoms with Crippen LogP contribution in [0, 0.1) is 5.41 Å². The van der Waals surface area contributed by atoms with Gasteiger partial charge in [0.05, 0.1) is 0 Å². The predicted molar refractivity (Wildman–Crippen MR) is 140 cm³/mol. The molecule has 0 aromatic heterocycles. The minimum atomic E-state index is 0.189. The summed E-state index contributed by atoms with van der Waals surface area (Å²) in [4.78, 5) is 0. The Bertz CT molecular complexity index is 640. The Kier molecular flexibility index (Phi) is 15.3. The van der Waals surface area contributed by atoms with Crippen LogP contribution in [0.15, 0.2) is 70.9 Å². The van der Waals surface area contributed by atoms with Gasteiger partial charge in [-0.3, -0.25) is 0 Å². The smallest absolute Gasteiger partial charge is 0.0112 e. The van der Waals surface area contributed by atoms with E-state index < -0.39 is 0 Å². The average molecular weight is 411 g/mol. The van der Waals surface area contributed by atoms with E-state index >= 15 is 0 Å². The van der Waals surface area contributed by atoms with Crippen molar-refractivity contribution in [2.75, 3.05) is 0 Å². The second-order valence-corrected chi connectivity index (χ2v) is 9.93. The van der Waals surface area contributed by atoms with Crippen molar-refractivity contribution in [3.05, 3.63) is 70.9 Å². The Morgan fingerprint density at radius 3 is 1.43 bits per heavy atom. The van der Waals surface area contributed by atoms with E-state index in [1.807, 2.05) is 0 Å². The molecule has 0 radical (unpaired) electrons. The SMILES string of the molecule is C=CC(C)(C/C=C(\C)CC/C=C(\C)CCC=C(C)C)CC/C=C(\C)CCC=C(C)C. The molecule has 0 nitrogen and oxygen atoms in total. The highest BCUT2D eigenvalue weighted by molar-refractivity contribution is 5.09. The van der Waals surface area contributed by atoms with Gasteiger partial charge in [-0.25, -0.2) is 0 Å². The van der Waals surface area contributed by atoms with Gasteiger partial charge in [0, 0.05) is 0 Å². The van der Waals surface area contributed by atoms with E-state index in [9.17, 15) is 0 Å². The van der Waals surface area contributed by atoms with E-state index in [2.05, 4.69) is 98.4 Å². The summed E-state index contributed by atoms with van der Waals surface area (Å²) >= 11 is 0. The minimum absolute atomic E-state index is 0.189. The van der Waals surface area contributed by atoms with Gasteiger partial charge in [0.25, 0.3) is 0 Å². The van der Waals surface area contributed by atoms with Gasteiger partial charge in [-0.1, -0.05) is 71.2 Å². The zero-order valence-electron chi connectivity index (χ0n) is 21.5. The maximum absolute atomic E-state index is 4.13. The maximum atomic E-state index is 4.13. The topological polar surface area (TPSA) is 0 Å². The Morgan fingerprint density at radius 1 is 0.600 bits per heavy atom. The third-order valence-electron chi connectivity index (χ3n) is 5.83. The zero-order valence-corrected chi connectivity index (χ0v) is 21.5. The molecular weight excluding hydrogens is 360 g/mol. The molecule has 170 valence electrons. The van der Waals surface area contributed by atoms with Crippen LogP contribution in [-0.4, -0.2) is 0 Å². The molecule has 0 aromatic carbocycles. The molecular formula is C30H50. The maximum Gasteiger partial charge on any atom is -0.0112 e. The van der Waals surface area contributed by atoms with Crippen molar-refractivity contribution in [3.8, 4) is 0 Å². The van der Waals surface area contributed by atoms with Crippen molar-refractivity contribution >= 4 is 0 Å². The lowest BCUT2D eigenvalue weighted by Gasteiger charge is -2.24. The molecule has 1 atom stereocenters. The van der Waals surface area contributed by atoms with Crippen molar-refractivity contribution in [1.82, 2.24) is 0 Å². The van der Waals surface area contributed by atoms with Crippen LogP contribution in [0.1, 0.15) is 113 Å². The summed E-state index contributed by atoms with van der Waals surface area (Å²) in [5.74, 6) is 0. The van der Waals surface area contributed by atoms with Crippen LogP contribution in [0.2, 0.25) is 0 Å². The lowest BCUT2D eigenvalue weighted by molar-refractivity contribution is 0.400. The molecule has 0 bridgehead atoms. The molecule has 30 heavy (non-hydrogen) atoms. The van der Waals surface area contributed by atoms with Crippen LogP contribution in [0.3, 0.4) is 0 Å². The molecule has 0 saturated carbocycles. The molecule has 0 aliphatic rings.